The third-order valence-electron chi connectivity index (χ3n) is 1.16. The molecule has 0 spiro atoms. The lowest BCUT2D eigenvalue weighted by molar-refractivity contribution is 1.53. The van der Waals surface area contributed by atoms with Gasteiger partial charge in [-0.05, 0) is 11.2 Å². The molecule has 0 aromatic heterocycles. The topological polar surface area (TPSA) is 12.4 Å². The Morgan fingerprint density at radius 1 is 1.75 bits per heavy atom. The summed E-state index contributed by atoms with van der Waals surface area (Å²) < 4.78 is 0. The smallest absolute Gasteiger partial charge is 0.0494 e. The van der Waals surface area contributed by atoms with Crippen LogP contribution in [0.15, 0.2) is 16.6 Å². The molecule has 2 unspecified atom stereocenters. The lowest BCUT2D eigenvalue weighted by Crippen LogP contribution is -1.85. The maximum absolute atomic E-state index is 4.02. The van der Waals surface area contributed by atoms with Gasteiger partial charge in [0.05, 0.1) is 0 Å². The molecule has 0 saturated carbocycles. The van der Waals surface area contributed by atoms with Crippen LogP contribution < -0.4 is 0 Å². The molecule has 0 bridgehead atoms. The summed E-state index contributed by atoms with van der Waals surface area (Å²) in [5.41, 5.74) is 2.04. The van der Waals surface area contributed by atoms with Crippen molar-refractivity contribution >= 4 is 23.6 Å². The zero-order chi connectivity index (χ0) is 6.04. The summed E-state index contributed by atoms with van der Waals surface area (Å²) in [4.78, 5) is 4.02. The van der Waals surface area contributed by atoms with Crippen LogP contribution in [-0.2, 0) is 0 Å². The molecular weight excluding hydrogens is 137 g/mol. The summed E-state index contributed by atoms with van der Waals surface area (Å²) >= 11 is 0. The van der Waals surface area contributed by atoms with E-state index in [1.165, 1.54) is 5.75 Å². The van der Waals surface area contributed by atoms with E-state index in [0.717, 1.165) is 0 Å². The minimum absolute atomic E-state index is 0.597. The number of rotatable bonds is 1. The van der Waals surface area contributed by atoms with Crippen molar-refractivity contribution in [2.75, 3.05) is 5.75 Å². The van der Waals surface area contributed by atoms with Gasteiger partial charge in [-0.1, -0.05) is 15.4 Å². The number of hydrogen-bond acceptors (Lipinski definition) is 1. The van der Waals surface area contributed by atoms with E-state index >= 15 is 0 Å². The Labute approximate surface area is 53.5 Å². The van der Waals surface area contributed by atoms with Gasteiger partial charge < -0.3 is 0 Å². The number of hydrogen-bond donors (Lipinski definition) is 0. The molecule has 1 aliphatic heterocycles. The molecule has 0 saturated heterocycles. The molecule has 2 atom stereocenters. The first-order valence-electron chi connectivity index (χ1n) is 2.55. The van der Waals surface area contributed by atoms with Crippen LogP contribution in [0, 0.1) is 0 Å². The van der Waals surface area contributed by atoms with E-state index in [4.69, 9.17) is 0 Å². The molecule has 1 rings (SSSR count). The van der Waals surface area contributed by atoms with E-state index in [1.54, 1.807) is 0 Å². The van der Waals surface area contributed by atoms with Crippen molar-refractivity contribution < 1.29 is 0 Å². The molecule has 0 amide bonds. The highest BCUT2D eigenvalue weighted by Crippen LogP contribution is 2.56. The van der Waals surface area contributed by atoms with Gasteiger partial charge in [0.2, 0.25) is 0 Å². The van der Waals surface area contributed by atoms with Gasteiger partial charge in [-0.2, -0.15) is 9.65 Å². The molecule has 0 fully saturated rings. The number of nitrogens with zero attached hydrogens (tertiary/aromatic N) is 1. The van der Waals surface area contributed by atoms with Crippen LogP contribution in [0.5, 0.6) is 0 Å². The Balaban J connectivity index is 2.69. The molecule has 1 aliphatic rings. The van der Waals surface area contributed by atoms with E-state index in [-0.39, 0.29) is 0 Å². The van der Waals surface area contributed by atoms with Crippen molar-refractivity contribution in [3.63, 3.8) is 0 Å². The summed E-state index contributed by atoms with van der Waals surface area (Å²) in [6.07, 6.45) is 1.88. The predicted molar refractivity (Wildman–Crippen MR) is 45.5 cm³/mol. The van der Waals surface area contributed by atoms with Crippen LogP contribution in [0.2, 0.25) is 0 Å². The van der Waals surface area contributed by atoms with Gasteiger partial charge in [-0.15, -0.1) is 0 Å². The Morgan fingerprint density at radius 3 is 2.75 bits per heavy atom. The van der Waals surface area contributed by atoms with Crippen molar-refractivity contribution in [1.29, 1.82) is 0 Å². The van der Waals surface area contributed by atoms with Crippen LogP contribution in [-0.4, -0.2) is 11.3 Å². The molecule has 1 heterocycles. The van der Waals surface area contributed by atoms with E-state index in [0.29, 0.717) is 0 Å². The summed E-state index contributed by atoms with van der Waals surface area (Å²) in [7, 11) is 2.26. The van der Waals surface area contributed by atoms with Crippen molar-refractivity contribution in [3.8, 4) is 0 Å². The maximum atomic E-state index is 4.02. The monoisotopic (exact) mass is 147 g/mol. The van der Waals surface area contributed by atoms with Gasteiger partial charge in [0.1, 0.15) is 0 Å². The molecule has 0 N–H and O–H groups in total. The zero-order valence-corrected chi connectivity index (χ0v) is 6.84. The highest BCUT2D eigenvalue weighted by molar-refractivity contribution is 8.77. The van der Waals surface area contributed by atoms with Crippen LogP contribution in [0.4, 0.5) is 0 Å². The van der Waals surface area contributed by atoms with E-state index in [1.807, 2.05) is 11.7 Å². The molecule has 0 aromatic rings. The second kappa shape index (κ2) is 2.20. The van der Waals surface area contributed by atoms with Crippen molar-refractivity contribution in [2.24, 2.45) is 4.99 Å². The average Bonchev–Trinajstić information content (AvgIpc) is 2.17. The molecule has 0 aromatic carbocycles. The van der Waals surface area contributed by atoms with Gasteiger partial charge in [0.25, 0.3) is 0 Å². The molecule has 0 aliphatic carbocycles. The summed E-state index contributed by atoms with van der Waals surface area (Å²) in [6.45, 7) is 2.18. The summed E-state index contributed by atoms with van der Waals surface area (Å²) in [6, 6.07) is 0. The first-order chi connectivity index (χ1) is 3.77. The molecule has 3 heteroatoms. The molecular formula is C5H10NPS. The fourth-order valence-electron chi connectivity index (χ4n) is 0.503. The third kappa shape index (κ3) is 1.12. The minimum atomic E-state index is -0.597. The van der Waals surface area contributed by atoms with Gasteiger partial charge >= 0.3 is 0 Å². The van der Waals surface area contributed by atoms with E-state index in [9.17, 15) is 0 Å². The standard InChI is InChI=1S/C5H10NPS/c1-2-8(7)4-3-6-5-8/h3-5H,2,7H2,1H3. The molecule has 8 heavy (non-hydrogen) atoms. The zero-order valence-electron chi connectivity index (χ0n) is 4.87. The van der Waals surface area contributed by atoms with E-state index in [2.05, 4.69) is 25.8 Å². The van der Waals surface area contributed by atoms with Gasteiger partial charge in [-0.25, -0.2) is 0 Å². The first kappa shape index (κ1) is 6.31. The Morgan fingerprint density at radius 2 is 2.50 bits per heavy atom. The molecule has 0 radical (unpaired) electrons. The minimum Gasteiger partial charge on any atom is -0.258 e. The maximum Gasteiger partial charge on any atom is 0.0494 e. The Hall–Kier alpha value is 0.190. The quantitative estimate of drug-likeness (QED) is 0.504. The lowest BCUT2D eigenvalue weighted by atomic mass is 11.0. The Kier molecular flexibility index (Phi) is 1.74. The number of aliphatic imine (C=N–C) groups is 1. The molecule has 46 valence electrons. The SMILES string of the molecule is CCS1(P)C=CN=C1. The average molecular weight is 147 g/mol. The highest BCUT2D eigenvalue weighted by Gasteiger charge is 2.10. The summed E-state index contributed by atoms with van der Waals surface area (Å²) in [5, 5.41) is 2.18. The van der Waals surface area contributed by atoms with Crippen LogP contribution in [0.25, 0.3) is 0 Å². The van der Waals surface area contributed by atoms with Crippen molar-refractivity contribution in [1.82, 2.24) is 0 Å². The van der Waals surface area contributed by atoms with Crippen LogP contribution >= 0.6 is 18.1 Å². The van der Waals surface area contributed by atoms with Gasteiger partial charge in [-0.3, -0.25) is 4.99 Å². The van der Waals surface area contributed by atoms with E-state index < -0.39 is 9.65 Å². The molecule has 1 nitrogen and oxygen atoms in total. The third-order valence-corrected chi connectivity index (χ3v) is 5.14. The van der Waals surface area contributed by atoms with Crippen LogP contribution in [0.1, 0.15) is 6.92 Å². The fraction of sp³-hybridized carbons (Fsp3) is 0.400. The van der Waals surface area contributed by atoms with Gasteiger partial charge in [0, 0.05) is 11.7 Å². The normalized spacial score (nSPS) is 42.2. The predicted octanol–water partition coefficient (Wildman–Crippen LogP) is 2.11. The van der Waals surface area contributed by atoms with Gasteiger partial charge in [0.15, 0.2) is 0 Å². The van der Waals surface area contributed by atoms with Crippen LogP contribution in [0.3, 0.4) is 0 Å². The summed E-state index contributed by atoms with van der Waals surface area (Å²) in [5.74, 6) is 1.19. The second-order valence-electron chi connectivity index (χ2n) is 1.74. The van der Waals surface area contributed by atoms with Crippen molar-refractivity contribution in [3.05, 3.63) is 11.6 Å². The Bertz CT molecular complexity index is 129. The first-order valence-corrected chi connectivity index (χ1v) is 5.96. The van der Waals surface area contributed by atoms with Crippen molar-refractivity contribution in [2.45, 2.75) is 6.92 Å². The second-order valence-corrected chi connectivity index (χ2v) is 7.25. The fourth-order valence-corrected chi connectivity index (χ4v) is 1.93. The highest BCUT2D eigenvalue weighted by atomic mass is 32.8. The lowest BCUT2D eigenvalue weighted by Gasteiger charge is -2.20. The largest absolute Gasteiger partial charge is 0.258 e.